The highest BCUT2D eigenvalue weighted by Crippen LogP contribution is 2.28. The zero-order chi connectivity index (χ0) is 18.5. The van der Waals surface area contributed by atoms with Crippen molar-refractivity contribution < 1.29 is 14.1 Å². The number of anilines is 2. The molecule has 0 atom stereocenters. The zero-order valence-corrected chi connectivity index (χ0v) is 14.1. The molecule has 26 heavy (non-hydrogen) atoms. The number of halogens is 1. The van der Waals surface area contributed by atoms with Crippen molar-refractivity contribution in [2.45, 2.75) is 0 Å². The van der Waals surface area contributed by atoms with Gasteiger partial charge in [-0.2, -0.15) is 0 Å². The number of benzene rings is 2. The Hall–Kier alpha value is -3.00. The Morgan fingerprint density at radius 1 is 1.12 bits per heavy atom. The minimum Gasteiger partial charge on any atom is -0.363 e. The second-order valence-corrected chi connectivity index (χ2v) is 6.07. The summed E-state index contributed by atoms with van der Waals surface area (Å²) in [6.45, 7) is 2.61. The molecule has 0 saturated carbocycles. The molecule has 0 spiro atoms. The quantitative estimate of drug-likeness (QED) is 0.656. The van der Waals surface area contributed by atoms with E-state index in [1.807, 2.05) is 9.80 Å². The average Bonchev–Trinajstić information content (AvgIpc) is 2.62. The maximum atomic E-state index is 13.2. The number of rotatable bonds is 5. The third kappa shape index (κ3) is 4.34. The van der Waals surface area contributed by atoms with Crippen LogP contribution in [0.25, 0.3) is 0 Å². The molecule has 136 valence electrons. The predicted molar refractivity (Wildman–Crippen MR) is 96.8 cm³/mol. The monoisotopic (exact) mass is 358 g/mol. The first kappa shape index (κ1) is 17.8. The molecule has 2 aromatic rings. The van der Waals surface area contributed by atoms with E-state index in [4.69, 9.17) is 0 Å². The normalized spacial score (nSPS) is 14.9. The van der Waals surface area contributed by atoms with E-state index in [0.717, 1.165) is 0 Å². The van der Waals surface area contributed by atoms with Crippen LogP contribution in [0.1, 0.15) is 0 Å². The fraction of sp³-hybridized carbons (Fsp3) is 0.278. The molecule has 1 aliphatic heterocycles. The van der Waals surface area contributed by atoms with Gasteiger partial charge in [-0.05, 0) is 24.3 Å². The van der Waals surface area contributed by atoms with Gasteiger partial charge in [-0.25, -0.2) is 4.39 Å². The number of hydrogen-bond acceptors (Lipinski definition) is 5. The molecular formula is C18H19FN4O3. The molecule has 0 aromatic heterocycles. The Morgan fingerprint density at radius 3 is 2.54 bits per heavy atom. The number of nitrogens with zero attached hydrogens (tertiary/aromatic N) is 3. The first-order chi connectivity index (χ1) is 12.5. The first-order valence-corrected chi connectivity index (χ1v) is 8.29. The van der Waals surface area contributed by atoms with Crippen LogP contribution in [0.3, 0.4) is 0 Å². The van der Waals surface area contributed by atoms with E-state index in [0.29, 0.717) is 37.6 Å². The summed E-state index contributed by atoms with van der Waals surface area (Å²) in [4.78, 5) is 26.8. The van der Waals surface area contributed by atoms with Gasteiger partial charge in [-0.15, -0.1) is 0 Å². The van der Waals surface area contributed by atoms with Gasteiger partial charge in [-0.3, -0.25) is 19.8 Å². The number of nitro groups is 1. The Labute approximate surface area is 150 Å². The average molecular weight is 358 g/mol. The lowest BCUT2D eigenvalue weighted by Crippen LogP contribution is -2.48. The van der Waals surface area contributed by atoms with Gasteiger partial charge in [0.25, 0.3) is 5.69 Å². The molecule has 1 amide bonds. The van der Waals surface area contributed by atoms with Crippen LogP contribution in [0.4, 0.5) is 21.5 Å². The number of para-hydroxylation sites is 2. The van der Waals surface area contributed by atoms with Crippen LogP contribution >= 0.6 is 0 Å². The third-order valence-electron chi connectivity index (χ3n) is 4.27. The summed E-state index contributed by atoms with van der Waals surface area (Å²) in [5, 5.41) is 13.8. The van der Waals surface area contributed by atoms with Crippen LogP contribution in [0.2, 0.25) is 0 Å². The van der Waals surface area contributed by atoms with Crippen molar-refractivity contribution >= 4 is 23.0 Å². The van der Waals surface area contributed by atoms with Crippen LogP contribution < -0.4 is 10.2 Å². The summed E-state index contributed by atoms with van der Waals surface area (Å²) >= 11 is 0. The summed E-state index contributed by atoms with van der Waals surface area (Å²) in [6, 6.07) is 12.4. The molecule has 1 aliphatic rings. The number of nitro benzene ring substituents is 1. The van der Waals surface area contributed by atoms with Gasteiger partial charge >= 0.3 is 0 Å². The van der Waals surface area contributed by atoms with Crippen molar-refractivity contribution in [1.29, 1.82) is 0 Å². The lowest BCUT2D eigenvalue weighted by molar-refractivity contribution is -0.384. The molecule has 7 nitrogen and oxygen atoms in total. The molecule has 2 aromatic carbocycles. The van der Waals surface area contributed by atoms with E-state index in [1.165, 1.54) is 24.3 Å². The summed E-state index contributed by atoms with van der Waals surface area (Å²) in [5.41, 5.74) is 1.11. The molecule has 8 heteroatoms. The number of piperazine rings is 1. The molecule has 0 aliphatic carbocycles. The predicted octanol–water partition coefficient (Wildman–Crippen LogP) is 2.49. The Morgan fingerprint density at radius 2 is 1.85 bits per heavy atom. The highest BCUT2D eigenvalue weighted by atomic mass is 19.1. The highest BCUT2D eigenvalue weighted by molar-refractivity contribution is 5.92. The number of amides is 1. The standard InChI is InChI=1S/C18H19FN4O3/c19-14-4-3-5-15(12-14)20-18(24)13-21-8-10-22(11-9-21)16-6-1-2-7-17(16)23(25)26/h1-7,12H,8-11,13H2,(H,20,24). The van der Waals surface area contributed by atoms with E-state index >= 15 is 0 Å². The SMILES string of the molecule is O=C(CN1CCN(c2ccccc2[N+](=O)[O-])CC1)Nc1cccc(F)c1. The Kier molecular flexibility index (Phi) is 5.43. The van der Waals surface area contributed by atoms with Crippen molar-refractivity contribution in [2.24, 2.45) is 0 Å². The molecule has 3 rings (SSSR count). The largest absolute Gasteiger partial charge is 0.363 e. The van der Waals surface area contributed by atoms with Gasteiger partial charge in [0, 0.05) is 37.9 Å². The van der Waals surface area contributed by atoms with E-state index < -0.39 is 5.82 Å². The lowest BCUT2D eigenvalue weighted by atomic mass is 10.2. The maximum Gasteiger partial charge on any atom is 0.292 e. The van der Waals surface area contributed by atoms with Crippen molar-refractivity contribution in [2.75, 3.05) is 42.9 Å². The van der Waals surface area contributed by atoms with Gasteiger partial charge in [-0.1, -0.05) is 18.2 Å². The number of carbonyl (C=O) groups excluding carboxylic acids is 1. The number of hydrogen-bond donors (Lipinski definition) is 1. The minimum absolute atomic E-state index is 0.0878. The van der Waals surface area contributed by atoms with E-state index in [2.05, 4.69) is 5.32 Å². The number of nitrogens with one attached hydrogen (secondary N) is 1. The molecule has 0 radical (unpaired) electrons. The molecular weight excluding hydrogens is 339 g/mol. The highest BCUT2D eigenvalue weighted by Gasteiger charge is 2.24. The van der Waals surface area contributed by atoms with E-state index in [1.54, 1.807) is 24.3 Å². The molecule has 1 saturated heterocycles. The Balaban J connectivity index is 1.54. The van der Waals surface area contributed by atoms with Gasteiger partial charge in [0.15, 0.2) is 0 Å². The fourth-order valence-corrected chi connectivity index (χ4v) is 3.00. The molecule has 1 fully saturated rings. The maximum absolute atomic E-state index is 13.2. The summed E-state index contributed by atoms with van der Waals surface area (Å²) in [5.74, 6) is -0.615. The molecule has 1 heterocycles. The molecule has 0 bridgehead atoms. The van der Waals surface area contributed by atoms with Crippen molar-refractivity contribution in [1.82, 2.24) is 4.90 Å². The molecule has 1 N–H and O–H groups in total. The van der Waals surface area contributed by atoms with Gasteiger partial charge in [0.2, 0.25) is 5.91 Å². The topological polar surface area (TPSA) is 78.7 Å². The fourth-order valence-electron chi connectivity index (χ4n) is 3.00. The summed E-state index contributed by atoms with van der Waals surface area (Å²) in [7, 11) is 0. The van der Waals surface area contributed by atoms with Crippen LogP contribution in [-0.2, 0) is 4.79 Å². The van der Waals surface area contributed by atoms with Gasteiger partial charge in [0.1, 0.15) is 11.5 Å². The van der Waals surface area contributed by atoms with Gasteiger partial charge in [0.05, 0.1) is 11.5 Å². The summed E-state index contributed by atoms with van der Waals surface area (Å²) in [6.07, 6.45) is 0. The second kappa shape index (κ2) is 7.92. The van der Waals surface area contributed by atoms with Gasteiger partial charge < -0.3 is 10.2 Å². The van der Waals surface area contributed by atoms with E-state index in [9.17, 15) is 19.3 Å². The smallest absolute Gasteiger partial charge is 0.292 e. The van der Waals surface area contributed by atoms with E-state index in [-0.39, 0.29) is 23.1 Å². The second-order valence-electron chi connectivity index (χ2n) is 6.07. The van der Waals surface area contributed by atoms with Crippen molar-refractivity contribution in [3.8, 4) is 0 Å². The van der Waals surface area contributed by atoms with Crippen LogP contribution in [0.5, 0.6) is 0 Å². The van der Waals surface area contributed by atoms with Crippen molar-refractivity contribution in [3.05, 3.63) is 64.5 Å². The summed E-state index contributed by atoms with van der Waals surface area (Å²) < 4.78 is 13.2. The molecule has 0 unspecified atom stereocenters. The Bertz CT molecular complexity index is 807. The van der Waals surface area contributed by atoms with Crippen LogP contribution in [0.15, 0.2) is 48.5 Å². The minimum atomic E-state index is -0.402. The van der Waals surface area contributed by atoms with Crippen LogP contribution in [-0.4, -0.2) is 48.5 Å². The first-order valence-electron chi connectivity index (χ1n) is 8.29. The third-order valence-corrected chi connectivity index (χ3v) is 4.27. The zero-order valence-electron chi connectivity index (χ0n) is 14.1. The number of carbonyl (C=O) groups is 1. The van der Waals surface area contributed by atoms with Crippen molar-refractivity contribution in [3.63, 3.8) is 0 Å². The lowest BCUT2D eigenvalue weighted by Gasteiger charge is -2.35. The van der Waals surface area contributed by atoms with Crippen LogP contribution in [0, 0.1) is 15.9 Å².